The molecule has 0 radical (unpaired) electrons. The van der Waals surface area contributed by atoms with E-state index in [9.17, 15) is 14.7 Å². The second kappa shape index (κ2) is 6.88. The van der Waals surface area contributed by atoms with Gasteiger partial charge in [0, 0.05) is 24.4 Å². The van der Waals surface area contributed by atoms with Crippen molar-refractivity contribution < 1.29 is 14.7 Å². The maximum Gasteiger partial charge on any atom is 0.307 e. The third-order valence-electron chi connectivity index (χ3n) is 4.21. The minimum Gasteiger partial charge on any atom is -0.481 e. The number of rotatable bonds is 6. The Bertz CT molecular complexity index is 395. The van der Waals surface area contributed by atoms with E-state index in [1.165, 1.54) is 6.92 Å². The minimum absolute atomic E-state index is 0.140. The number of carbonyl (C=O) groups excluding carboxylic acids is 1. The zero-order valence-corrected chi connectivity index (χ0v) is 12.6. The first-order valence-electron chi connectivity index (χ1n) is 7.26. The Balaban J connectivity index is 3.10. The Morgan fingerprint density at radius 1 is 1.55 bits per heavy atom. The van der Waals surface area contributed by atoms with Gasteiger partial charge in [0.2, 0.25) is 5.91 Å². The zero-order chi connectivity index (χ0) is 15.3. The summed E-state index contributed by atoms with van der Waals surface area (Å²) in [6.45, 7) is 5.39. The number of carboxylic acids is 1. The first-order chi connectivity index (χ1) is 9.33. The van der Waals surface area contributed by atoms with Crippen LogP contribution in [0.5, 0.6) is 0 Å². The maximum absolute atomic E-state index is 11.6. The van der Waals surface area contributed by atoms with Crippen LogP contribution in [0, 0.1) is 11.3 Å². The van der Waals surface area contributed by atoms with Crippen LogP contribution < -0.4 is 11.1 Å². The average Bonchev–Trinajstić information content (AvgIpc) is 2.67. The molecule has 5 nitrogen and oxygen atoms in total. The predicted molar refractivity (Wildman–Crippen MR) is 78.1 cm³/mol. The highest BCUT2D eigenvalue weighted by Crippen LogP contribution is 2.47. The van der Waals surface area contributed by atoms with Gasteiger partial charge < -0.3 is 16.2 Å². The summed E-state index contributed by atoms with van der Waals surface area (Å²) in [6.07, 6.45) is 6.94. The molecule has 0 aliphatic heterocycles. The molecule has 0 spiro atoms. The van der Waals surface area contributed by atoms with Gasteiger partial charge in [-0.2, -0.15) is 0 Å². The molecule has 1 aliphatic rings. The summed E-state index contributed by atoms with van der Waals surface area (Å²) in [5.41, 5.74) is 5.41. The molecule has 0 aromatic carbocycles. The fourth-order valence-electron chi connectivity index (χ4n) is 3.25. The minimum atomic E-state index is -0.837. The lowest BCUT2D eigenvalue weighted by molar-refractivity contribution is -0.145. The number of hydrogen-bond acceptors (Lipinski definition) is 3. The van der Waals surface area contributed by atoms with Gasteiger partial charge in [0.1, 0.15) is 0 Å². The standard InChI is InChI=1S/C15H26N2O3/c1-4-5-6-7-15(10(2)17-11(3)18)9-12(16)8-13(15)14(19)20/h6-7,10,12-13H,4-5,8-9,16H2,1-3H3,(H,17,18)(H,19,20). The Labute approximate surface area is 120 Å². The van der Waals surface area contributed by atoms with Gasteiger partial charge in [-0.3, -0.25) is 9.59 Å². The molecular weight excluding hydrogens is 256 g/mol. The fourth-order valence-corrected chi connectivity index (χ4v) is 3.25. The Kier molecular flexibility index (Phi) is 5.74. The lowest BCUT2D eigenvalue weighted by Gasteiger charge is -2.37. The van der Waals surface area contributed by atoms with Crippen molar-refractivity contribution >= 4 is 11.9 Å². The second-order valence-electron chi connectivity index (χ2n) is 5.82. The maximum atomic E-state index is 11.6. The highest BCUT2D eigenvalue weighted by atomic mass is 16.4. The summed E-state index contributed by atoms with van der Waals surface area (Å²) < 4.78 is 0. The molecular formula is C15H26N2O3. The third kappa shape index (κ3) is 3.60. The molecule has 1 saturated carbocycles. The monoisotopic (exact) mass is 282 g/mol. The molecule has 0 bridgehead atoms. The molecule has 4 N–H and O–H groups in total. The first-order valence-corrected chi connectivity index (χ1v) is 7.26. The lowest BCUT2D eigenvalue weighted by atomic mass is 9.71. The topological polar surface area (TPSA) is 92.4 Å². The van der Waals surface area contributed by atoms with Crippen LogP contribution in [0.4, 0.5) is 0 Å². The SMILES string of the molecule is CCCC=CC1(C(C)NC(C)=O)CC(N)CC1C(=O)O. The Hall–Kier alpha value is -1.36. The molecule has 4 unspecified atom stereocenters. The van der Waals surface area contributed by atoms with Crippen LogP contribution in [0.1, 0.15) is 46.5 Å². The summed E-state index contributed by atoms with van der Waals surface area (Å²) in [7, 11) is 0. The average molecular weight is 282 g/mol. The number of nitrogens with two attached hydrogens (primary N) is 1. The summed E-state index contributed by atoms with van der Waals surface area (Å²) in [5, 5.41) is 12.4. The van der Waals surface area contributed by atoms with E-state index in [4.69, 9.17) is 5.73 Å². The quantitative estimate of drug-likeness (QED) is 0.646. The Morgan fingerprint density at radius 2 is 2.20 bits per heavy atom. The van der Waals surface area contributed by atoms with Gasteiger partial charge in [-0.1, -0.05) is 25.5 Å². The van der Waals surface area contributed by atoms with E-state index in [0.29, 0.717) is 12.8 Å². The molecule has 5 heteroatoms. The van der Waals surface area contributed by atoms with Crippen molar-refractivity contribution in [1.82, 2.24) is 5.32 Å². The van der Waals surface area contributed by atoms with Gasteiger partial charge in [-0.15, -0.1) is 0 Å². The van der Waals surface area contributed by atoms with E-state index < -0.39 is 17.3 Å². The summed E-state index contributed by atoms with van der Waals surface area (Å²) in [5.74, 6) is -1.53. The molecule has 0 aromatic rings. The van der Waals surface area contributed by atoms with E-state index in [1.54, 1.807) is 0 Å². The van der Waals surface area contributed by atoms with Crippen LogP contribution in [-0.4, -0.2) is 29.1 Å². The second-order valence-corrected chi connectivity index (χ2v) is 5.82. The number of hydrogen-bond donors (Lipinski definition) is 3. The summed E-state index contributed by atoms with van der Waals surface area (Å²) in [6, 6.07) is -0.388. The van der Waals surface area contributed by atoms with Crippen molar-refractivity contribution in [2.75, 3.05) is 0 Å². The van der Waals surface area contributed by atoms with Crippen LogP contribution >= 0.6 is 0 Å². The van der Waals surface area contributed by atoms with E-state index >= 15 is 0 Å². The van der Waals surface area contributed by atoms with Crippen LogP contribution in [0.3, 0.4) is 0 Å². The molecule has 20 heavy (non-hydrogen) atoms. The zero-order valence-electron chi connectivity index (χ0n) is 12.6. The van der Waals surface area contributed by atoms with E-state index in [2.05, 4.69) is 12.2 Å². The fraction of sp³-hybridized carbons (Fsp3) is 0.733. The first kappa shape index (κ1) is 16.7. The number of unbranched alkanes of at least 4 members (excludes halogenated alkanes) is 1. The largest absolute Gasteiger partial charge is 0.481 e. The highest BCUT2D eigenvalue weighted by Gasteiger charge is 2.51. The van der Waals surface area contributed by atoms with Crippen molar-refractivity contribution in [3.63, 3.8) is 0 Å². The highest BCUT2D eigenvalue weighted by molar-refractivity contribution is 5.75. The van der Waals surface area contributed by atoms with E-state index in [-0.39, 0.29) is 18.0 Å². The van der Waals surface area contributed by atoms with Gasteiger partial charge in [0.05, 0.1) is 5.92 Å². The van der Waals surface area contributed by atoms with Gasteiger partial charge >= 0.3 is 5.97 Å². The van der Waals surface area contributed by atoms with E-state index in [0.717, 1.165) is 12.8 Å². The van der Waals surface area contributed by atoms with Crippen molar-refractivity contribution in [1.29, 1.82) is 0 Å². The molecule has 1 amide bonds. The normalized spacial score (nSPS) is 31.4. The molecule has 0 heterocycles. The van der Waals surface area contributed by atoms with Crippen LogP contribution in [0.2, 0.25) is 0 Å². The van der Waals surface area contributed by atoms with Crippen molar-refractivity contribution in [3.05, 3.63) is 12.2 Å². The van der Waals surface area contributed by atoms with Crippen LogP contribution in [-0.2, 0) is 9.59 Å². The Morgan fingerprint density at radius 3 is 2.70 bits per heavy atom. The van der Waals surface area contributed by atoms with Crippen LogP contribution in [0.25, 0.3) is 0 Å². The van der Waals surface area contributed by atoms with Crippen molar-refractivity contribution in [3.8, 4) is 0 Å². The molecule has 0 aromatic heterocycles. The van der Waals surface area contributed by atoms with Gasteiger partial charge in [0.25, 0.3) is 0 Å². The summed E-state index contributed by atoms with van der Waals surface area (Å²) in [4.78, 5) is 22.9. The molecule has 0 saturated heterocycles. The smallest absolute Gasteiger partial charge is 0.307 e. The number of amides is 1. The molecule has 114 valence electrons. The molecule has 1 aliphatic carbocycles. The number of allylic oxidation sites excluding steroid dienone is 1. The van der Waals surface area contributed by atoms with E-state index in [1.807, 2.05) is 19.1 Å². The number of carboxylic acid groups (broad SMARTS) is 1. The predicted octanol–water partition coefficient (Wildman–Crippen LogP) is 1.68. The van der Waals surface area contributed by atoms with Crippen molar-refractivity contribution in [2.24, 2.45) is 17.1 Å². The lowest BCUT2D eigenvalue weighted by Crippen LogP contribution is -2.48. The number of carbonyl (C=O) groups is 2. The number of nitrogens with one attached hydrogen (secondary N) is 1. The van der Waals surface area contributed by atoms with Gasteiger partial charge in [-0.05, 0) is 26.2 Å². The van der Waals surface area contributed by atoms with Crippen molar-refractivity contribution in [2.45, 2.75) is 58.5 Å². The molecule has 4 atom stereocenters. The van der Waals surface area contributed by atoms with Crippen LogP contribution in [0.15, 0.2) is 12.2 Å². The molecule has 1 fully saturated rings. The summed E-state index contributed by atoms with van der Waals surface area (Å²) >= 11 is 0. The number of aliphatic carboxylic acids is 1. The van der Waals surface area contributed by atoms with Gasteiger partial charge in [-0.25, -0.2) is 0 Å². The third-order valence-corrected chi connectivity index (χ3v) is 4.21. The van der Waals surface area contributed by atoms with Gasteiger partial charge in [0.15, 0.2) is 0 Å². The molecule has 1 rings (SSSR count).